The molecule has 0 saturated carbocycles. The van der Waals surface area contributed by atoms with Crippen molar-refractivity contribution in [2.75, 3.05) is 0 Å². The van der Waals surface area contributed by atoms with E-state index in [4.69, 9.17) is 4.74 Å². The Labute approximate surface area is 153 Å². The number of halogens is 3. The van der Waals surface area contributed by atoms with Gasteiger partial charge < -0.3 is 4.74 Å². The minimum Gasteiger partial charge on any atom is -0.455 e. The molecular formula is C18H21F3N2O2S. The first kappa shape index (κ1) is 20.4. The number of hydrogen-bond donors (Lipinski definition) is 1. The van der Waals surface area contributed by atoms with Crippen molar-refractivity contribution in [3.8, 4) is 11.5 Å². The summed E-state index contributed by atoms with van der Waals surface area (Å²) in [5, 5.41) is 0. The predicted molar refractivity (Wildman–Crippen MR) is 95.2 cm³/mol. The number of nitrogens with zero attached hydrogens (tertiary/aromatic N) is 1. The van der Waals surface area contributed by atoms with Gasteiger partial charge in [0.15, 0.2) is 11.4 Å². The molecule has 4 nitrogen and oxygen atoms in total. The molecule has 1 aromatic heterocycles. The molecule has 2 rings (SSSR count). The molecule has 0 radical (unpaired) electrons. The van der Waals surface area contributed by atoms with Crippen molar-refractivity contribution < 1.29 is 22.1 Å². The minimum atomic E-state index is -4.59. The molecule has 0 bridgehead atoms. The van der Waals surface area contributed by atoms with Crippen molar-refractivity contribution >= 4 is 11.0 Å². The Morgan fingerprint density at radius 3 is 2.27 bits per heavy atom. The number of pyridine rings is 1. The molecule has 2 atom stereocenters. The second-order valence-electron chi connectivity index (χ2n) is 6.74. The van der Waals surface area contributed by atoms with E-state index in [-0.39, 0.29) is 17.5 Å². The predicted octanol–water partition coefficient (Wildman–Crippen LogP) is 5.01. The van der Waals surface area contributed by atoms with Gasteiger partial charge in [-0.05, 0) is 57.5 Å². The van der Waals surface area contributed by atoms with E-state index in [0.29, 0.717) is 0 Å². The lowest BCUT2D eigenvalue weighted by atomic mass is 10.1. The molecule has 0 spiro atoms. The number of hydrogen-bond acceptors (Lipinski definition) is 3. The normalized spacial score (nSPS) is 14.7. The summed E-state index contributed by atoms with van der Waals surface area (Å²) in [6.45, 7) is 7.46. The first-order valence-electron chi connectivity index (χ1n) is 7.96. The molecule has 0 aliphatic heterocycles. The van der Waals surface area contributed by atoms with Crippen molar-refractivity contribution in [2.24, 2.45) is 0 Å². The molecule has 8 heteroatoms. The Kier molecular flexibility index (Phi) is 6.08. The van der Waals surface area contributed by atoms with Gasteiger partial charge in [0.25, 0.3) is 0 Å². The lowest BCUT2D eigenvalue weighted by molar-refractivity contribution is -0.142. The highest BCUT2D eigenvalue weighted by Crippen LogP contribution is 2.36. The fourth-order valence-electron chi connectivity index (χ4n) is 2.04. The Morgan fingerprint density at radius 2 is 1.73 bits per heavy atom. The molecule has 0 aliphatic carbocycles. The molecule has 0 fully saturated rings. The van der Waals surface area contributed by atoms with Gasteiger partial charge >= 0.3 is 6.18 Å². The second-order valence-corrected chi connectivity index (χ2v) is 8.74. The highest BCUT2D eigenvalue weighted by atomic mass is 32.2. The lowest BCUT2D eigenvalue weighted by Gasteiger charge is -2.22. The summed E-state index contributed by atoms with van der Waals surface area (Å²) in [5.74, 6) is -0.0934. The number of alkyl halides is 3. The van der Waals surface area contributed by atoms with E-state index < -0.39 is 27.6 Å². The number of benzene rings is 1. The minimum absolute atomic E-state index is 0.187. The van der Waals surface area contributed by atoms with E-state index in [0.717, 1.165) is 11.8 Å². The molecule has 0 aliphatic rings. The van der Waals surface area contributed by atoms with Gasteiger partial charge in [-0.15, -0.1) is 0 Å². The SMILES string of the molecule is CC(N[S@](=O)C(C)(C)C)c1ccc(Oc2cccnc2C(F)(F)F)cc1. The average molecular weight is 386 g/mol. The van der Waals surface area contributed by atoms with Crippen LogP contribution in [0.15, 0.2) is 42.6 Å². The Morgan fingerprint density at radius 1 is 1.12 bits per heavy atom. The van der Waals surface area contributed by atoms with Gasteiger partial charge in [-0.2, -0.15) is 13.2 Å². The van der Waals surface area contributed by atoms with E-state index >= 15 is 0 Å². The van der Waals surface area contributed by atoms with Crippen LogP contribution in [0.4, 0.5) is 13.2 Å². The van der Waals surface area contributed by atoms with Gasteiger partial charge in [-0.3, -0.25) is 0 Å². The van der Waals surface area contributed by atoms with Gasteiger partial charge in [0.05, 0.1) is 15.7 Å². The highest BCUT2D eigenvalue weighted by Gasteiger charge is 2.36. The fourth-order valence-corrected chi connectivity index (χ4v) is 2.85. The third-order valence-corrected chi connectivity index (χ3v) is 5.17. The van der Waals surface area contributed by atoms with Crippen molar-refractivity contribution in [2.45, 2.75) is 44.7 Å². The smallest absolute Gasteiger partial charge is 0.437 e. The molecule has 1 N–H and O–H groups in total. The zero-order chi connectivity index (χ0) is 19.5. The number of aromatic nitrogens is 1. The zero-order valence-electron chi connectivity index (χ0n) is 14.9. The molecule has 26 heavy (non-hydrogen) atoms. The largest absolute Gasteiger partial charge is 0.455 e. The summed E-state index contributed by atoms with van der Waals surface area (Å²) in [4.78, 5) is 3.35. The van der Waals surface area contributed by atoms with Crippen LogP contribution in [0.2, 0.25) is 0 Å². The van der Waals surface area contributed by atoms with Gasteiger partial charge in [0.2, 0.25) is 0 Å². The lowest BCUT2D eigenvalue weighted by Crippen LogP contribution is -2.34. The Balaban J connectivity index is 2.13. The van der Waals surface area contributed by atoms with Crippen LogP contribution in [0.5, 0.6) is 11.5 Å². The zero-order valence-corrected chi connectivity index (χ0v) is 15.7. The number of nitrogens with one attached hydrogen (secondary N) is 1. The van der Waals surface area contributed by atoms with Crippen molar-refractivity contribution in [1.29, 1.82) is 0 Å². The summed E-state index contributed by atoms with van der Waals surface area (Å²) in [6, 6.07) is 9.00. The molecular weight excluding hydrogens is 365 g/mol. The highest BCUT2D eigenvalue weighted by molar-refractivity contribution is 7.84. The Hall–Kier alpha value is -1.93. The van der Waals surface area contributed by atoms with Crippen LogP contribution in [0, 0.1) is 0 Å². The van der Waals surface area contributed by atoms with Crippen LogP contribution < -0.4 is 9.46 Å². The molecule has 142 valence electrons. The summed E-state index contributed by atoms with van der Waals surface area (Å²) < 4.78 is 59.0. The van der Waals surface area contributed by atoms with Crippen molar-refractivity contribution in [1.82, 2.24) is 9.71 Å². The maximum atomic E-state index is 13.0. The summed E-state index contributed by atoms with van der Waals surface area (Å²) >= 11 is 0. The van der Waals surface area contributed by atoms with E-state index in [2.05, 4.69) is 9.71 Å². The van der Waals surface area contributed by atoms with Gasteiger partial charge in [-0.25, -0.2) is 13.9 Å². The third kappa shape index (κ3) is 5.28. The fraction of sp³-hybridized carbons (Fsp3) is 0.389. The van der Waals surface area contributed by atoms with Crippen LogP contribution in [0.1, 0.15) is 45.0 Å². The van der Waals surface area contributed by atoms with Gasteiger partial charge in [-0.1, -0.05) is 12.1 Å². The summed E-state index contributed by atoms with van der Waals surface area (Å²) in [6.07, 6.45) is -3.52. The first-order chi connectivity index (χ1) is 12.0. The topological polar surface area (TPSA) is 51.2 Å². The number of rotatable bonds is 5. The van der Waals surface area contributed by atoms with Gasteiger partial charge in [0.1, 0.15) is 5.75 Å². The van der Waals surface area contributed by atoms with Crippen LogP contribution in [0.3, 0.4) is 0 Å². The van der Waals surface area contributed by atoms with Crippen LogP contribution >= 0.6 is 0 Å². The second kappa shape index (κ2) is 7.75. The maximum Gasteiger partial charge on any atom is 0.437 e. The molecule has 1 aromatic carbocycles. The molecule has 2 aromatic rings. The number of ether oxygens (including phenoxy) is 1. The van der Waals surface area contributed by atoms with E-state index in [1.54, 1.807) is 24.3 Å². The molecule has 0 saturated heterocycles. The van der Waals surface area contributed by atoms with Crippen molar-refractivity contribution in [3.05, 3.63) is 53.9 Å². The summed E-state index contributed by atoms with van der Waals surface area (Å²) in [7, 11) is -1.23. The van der Waals surface area contributed by atoms with E-state index in [1.807, 2.05) is 27.7 Å². The monoisotopic (exact) mass is 386 g/mol. The third-order valence-electron chi connectivity index (χ3n) is 3.49. The van der Waals surface area contributed by atoms with E-state index in [1.165, 1.54) is 12.1 Å². The maximum absolute atomic E-state index is 13.0. The van der Waals surface area contributed by atoms with Gasteiger partial charge in [0, 0.05) is 12.2 Å². The quantitative estimate of drug-likeness (QED) is 0.786. The molecule has 1 heterocycles. The average Bonchev–Trinajstić information content (AvgIpc) is 2.54. The van der Waals surface area contributed by atoms with Crippen LogP contribution in [0.25, 0.3) is 0 Å². The molecule has 0 amide bonds. The standard InChI is InChI=1S/C18H21F3N2O2S/c1-12(23-26(24)17(2,3)4)13-7-9-14(10-8-13)25-15-6-5-11-22-16(15)18(19,20)21/h5-12,23H,1-4H3/t12?,26-/m1/s1. The first-order valence-corrected chi connectivity index (χ1v) is 9.11. The molecule has 1 unspecified atom stereocenters. The Bertz CT molecular complexity index is 771. The van der Waals surface area contributed by atoms with Crippen LogP contribution in [-0.4, -0.2) is 13.9 Å². The van der Waals surface area contributed by atoms with Crippen LogP contribution in [-0.2, 0) is 17.2 Å². The van der Waals surface area contributed by atoms with Crippen molar-refractivity contribution in [3.63, 3.8) is 0 Å². The summed E-state index contributed by atoms with van der Waals surface area (Å²) in [5.41, 5.74) is -0.225. The van der Waals surface area contributed by atoms with E-state index in [9.17, 15) is 17.4 Å².